The lowest BCUT2D eigenvalue weighted by Crippen LogP contribution is -2.74. The molecule has 0 saturated carbocycles. The van der Waals surface area contributed by atoms with Crippen molar-refractivity contribution >= 4 is 12.0 Å². The maximum absolute atomic E-state index is 16.0. The van der Waals surface area contributed by atoms with Crippen molar-refractivity contribution in [3.8, 4) is 5.75 Å². The molecule has 0 aliphatic carbocycles. The van der Waals surface area contributed by atoms with E-state index in [1.807, 2.05) is 130 Å². The molecule has 0 radical (unpaired) electrons. The van der Waals surface area contributed by atoms with Crippen molar-refractivity contribution in [2.45, 2.75) is 57.0 Å². The molecular formula is C38H41N3O5. The van der Waals surface area contributed by atoms with Gasteiger partial charge in [-0.25, -0.2) is 9.22 Å². The third kappa shape index (κ3) is 6.22. The van der Waals surface area contributed by atoms with Crippen molar-refractivity contribution in [3.63, 3.8) is 0 Å². The smallest absolute Gasteiger partial charge is 0.412 e. The first-order valence-electron chi connectivity index (χ1n) is 15.6. The molecular weight excluding hydrogens is 578 g/mol. The van der Waals surface area contributed by atoms with Crippen LogP contribution in [-0.2, 0) is 16.1 Å². The lowest BCUT2D eigenvalue weighted by atomic mass is 9.93. The van der Waals surface area contributed by atoms with Gasteiger partial charge in [0.15, 0.2) is 0 Å². The molecule has 4 aromatic carbocycles. The number of nitrogens with zero attached hydrogens (tertiary/aromatic N) is 3. The van der Waals surface area contributed by atoms with Gasteiger partial charge in [-0.05, 0) is 75.0 Å². The topological polar surface area (TPSA) is 79.6 Å². The monoisotopic (exact) mass is 619 g/mol. The molecule has 8 heteroatoms. The van der Waals surface area contributed by atoms with Gasteiger partial charge in [0.25, 0.3) is 0 Å². The van der Waals surface area contributed by atoms with Crippen molar-refractivity contribution in [2.75, 3.05) is 20.9 Å². The molecule has 2 aliphatic rings. The Kier molecular flexibility index (Phi) is 8.81. The summed E-state index contributed by atoms with van der Waals surface area (Å²) in [6.45, 7) is 5.83. The van der Waals surface area contributed by atoms with Crippen molar-refractivity contribution < 1.29 is 19.4 Å². The van der Waals surface area contributed by atoms with E-state index >= 15 is 5.11 Å². The molecule has 238 valence electrons. The highest BCUT2D eigenvalue weighted by molar-refractivity contribution is 5.83. The minimum absolute atomic E-state index is 0.134. The number of fused-ring (bicyclic) bond motifs is 1. The number of carbonyl (C=O) groups excluding carboxylic acids is 1. The van der Waals surface area contributed by atoms with E-state index in [4.69, 9.17) is 13.9 Å². The number of ether oxygens (including phenoxy) is 2. The molecule has 3 atom stereocenters. The summed E-state index contributed by atoms with van der Waals surface area (Å²) in [5.74, 6) is -1.92. The highest BCUT2D eigenvalue weighted by Crippen LogP contribution is 2.49. The summed E-state index contributed by atoms with van der Waals surface area (Å²) in [6, 6.07) is 33.8. The quantitative estimate of drug-likeness (QED) is 0.168. The van der Waals surface area contributed by atoms with E-state index in [-0.39, 0.29) is 25.4 Å². The summed E-state index contributed by atoms with van der Waals surface area (Å²) in [4.78, 5) is 19.7. The zero-order valence-corrected chi connectivity index (χ0v) is 27.0. The minimum atomic E-state index is -1.99. The van der Waals surface area contributed by atoms with Crippen LogP contribution in [0.1, 0.15) is 49.5 Å². The molecule has 1 unspecified atom stereocenters. The molecule has 0 bridgehead atoms. The van der Waals surface area contributed by atoms with Gasteiger partial charge in [0.2, 0.25) is 5.75 Å². The largest absolute Gasteiger partial charge is 0.814 e. The third-order valence-electron chi connectivity index (χ3n) is 8.64. The summed E-state index contributed by atoms with van der Waals surface area (Å²) in [6.07, 6.45) is 1.80. The van der Waals surface area contributed by atoms with Gasteiger partial charge in [0, 0.05) is 12.6 Å². The van der Waals surface area contributed by atoms with Gasteiger partial charge in [-0.3, -0.25) is 14.7 Å². The van der Waals surface area contributed by atoms with Gasteiger partial charge in [0.1, 0.15) is 11.6 Å². The summed E-state index contributed by atoms with van der Waals surface area (Å²) in [5, 5.41) is 16.7. The van der Waals surface area contributed by atoms with Crippen LogP contribution in [0.25, 0.3) is 6.08 Å². The van der Waals surface area contributed by atoms with Crippen LogP contribution >= 0.6 is 0 Å². The van der Waals surface area contributed by atoms with E-state index in [2.05, 4.69) is 24.3 Å². The third-order valence-corrected chi connectivity index (χ3v) is 8.64. The second kappa shape index (κ2) is 12.8. The fraction of sp³-hybridized carbons (Fsp3) is 0.316. The first kappa shape index (κ1) is 31.6. The Labute approximate surface area is 270 Å². The maximum atomic E-state index is 16.0. The molecule has 46 heavy (non-hydrogen) atoms. The summed E-state index contributed by atoms with van der Waals surface area (Å²) in [7, 11) is 3.71. The van der Waals surface area contributed by atoms with Crippen molar-refractivity contribution in [1.82, 2.24) is 14.7 Å². The van der Waals surface area contributed by atoms with E-state index in [1.54, 1.807) is 11.0 Å². The van der Waals surface area contributed by atoms with Gasteiger partial charge in [-0.15, -0.1) is 0 Å². The van der Waals surface area contributed by atoms with Crippen LogP contribution in [0.15, 0.2) is 114 Å². The van der Waals surface area contributed by atoms with Crippen LogP contribution in [0.3, 0.4) is 0 Å². The number of likely N-dealkylation sites (N-methyl/N-ethyl adjacent to an activating group) is 2. The molecule has 0 amide bonds. The molecule has 4 aromatic rings. The van der Waals surface area contributed by atoms with Gasteiger partial charge in [0.05, 0.1) is 18.1 Å². The molecule has 1 saturated heterocycles. The van der Waals surface area contributed by atoms with E-state index in [9.17, 15) is 4.79 Å². The van der Waals surface area contributed by atoms with E-state index < -0.39 is 23.6 Å². The summed E-state index contributed by atoms with van der Waals surface area (Å²) in [5.41, 5.74) is 2.78. The van der Waals surface area contributed by atoms with Crippen LogP contribution in [-0.4, -0.2) is 59.2 Å². The van der Waals surface area contributed by atoms with Crippen molar-refractivity contribution in [3.05, 3.63) is 141 Å². The number of rotatable bonds is 8. The van der Waals surface area contributed by atoms with Crippen LogP contribution in [0.4, 0.5) is 0 Å². The highest BCUT2D eigenvalue weighted by atomic mass is 16.6. The molecule has 1 fully saturated rings. The Bertz CT molecular complexity index is 1720. The summed E-state index contributed by atoms with van der Waals surface area (Å²) < 4.78 is 17.2. The average molecular weight is 620 g/mol. The van der Waals surface area contributed by atoms with Gasteiger partial charge < -0.3 is 14.6 Å². The number of carbonyl (C=O) groups is 1. The van der Waals surface area contributed by atoms with Crippen LogP contribution in [0.2, 0.25) is 0 Å². The second-order valence-corrected chi connectivity index (χ2v) is 12.9. The minimum Gasteiger partial charge on any atom is -0.814 e. The van der Waals surface area contributed by atoms with E-state index in [0.29, 0.717) is 16.4 Å². The maximum Gasteiger partial charge on any atom is 0.412 e. The standard InChI is InChI=1S/C38H41N3O5/c1-37(2,3)46-36(42)31(23-28-21-22-32-33(24-28)45-26-44-32)41(25-27-15-9-6-10-16-27)38(43)39(4)34(29-17-11-7-12-18-29)35(40(38)5)30-19-13-8-14-20-30/h6-24,31,34-35H,25-26H2,1-5H3/b28-23+/t31?,34-,35-/m0/s1. The Balaban J connectivity index is 1.55. The number of esters is 1. The van der Waals surface area contributed by atoms with Gasteiger partial charge in [-0.2, -0.15) is 0 Å². The first-order chi connectivity index (χ1) is 22.1. The fourth-order valence-electron chi connectivity index (χ4n) is 6.56. The molecule has 2 heterocycles. The Morgan fingerprint density at radius 2 is 1.48 bits per heavy atom. The van der Waals surface area contributed by atoms with Crippen LogP contribution in [0, 0.1) is 0 Å². The fourth-order valence-corrected chi connectivity index (χ4v) is 6.56. The molecule has 8 nitrogen and oxygen atoms in total. The Morgan fingerprint density at radius 3 is 2.02 bits per heavy atom. The van der Waals surface area contributed by atoms with E-state index in [0.717, 1.165) is 16.7 Å². The van der Waals surface area contributed by atoms with Crippen molar-refractivity contribution in [2.24, 2.45) is 0 Å². The molecule has 0 N–H and O–H groups in total. The lowest BCUT2D eigenvalue weighted by molar-refractivity contribution is -0.593. The SMILES string of the molecule is CN1[C@@H](c2ccccc2)[C@H](c2ccccc2)N(C)C1([O-])N(Cc1ccccc1)C(/C=c1\ccc2c(c1)OC[O+]=2)C(=O)OC(C)(C)C. The van der Waals surface area contributed by atoms with Gasteiger partial charge >= 0.3 is 18.2 Å². The molecule has 2 aliphatic heterocycles. The molecule has 0 aromatic heterocycles. The van der Waals surface area contributed by atoms with Gasteiger partial charge in [-0.1, -0.05) is 91.0 Å². The van der Waals surface area contributed by atoms with E-state index in [1.165, 1.54) is 0 Å². The highest BCUT2D eigenvalue weighted by Gasteiger charge is 2.53. The Morgan fingerprint density at radius 1 is 0.935 bits per heavy atom. The van der Waals surface area contributed by atoms with Crippen LogP contribution < -0.4 is 20.5 Å². The normalized spacial score (nSPS) is 20.6. The average Bonchev–Trinajstić information content (AvgIpc) is 3.60. The summed E-state index contributed by atoms with van der Waals surface area (Å²) >= 11 is 0. The lowest BCUT2D eigenvalue weighted by Gasteiger charge is -2.57. The molecule has 6 rings (SSSR count). The van der Waals surface area contributed by atoms with Crippen molar-refractivity contribution in [1.29, 1.82) is 0 Å². The zero-order chi connectivity index (χ0) is 32.5. The van der Waals surface area contributed by atoms with Crippen LogP contribution in [0.5, 0.6) is 5.75 Å². The predicted octanol–water partition coefficient (Wildman–Crippen LogP) is 3.98. The number of hydrogen-bond donors (Lipinski definition) is 0. The zero-order valence-electron chi connectivity index (χ0n) is 27.0. The predicted molar refractivity (Wildman–Crippen MR) is 176 cm³/mol. The Hall–Kier alpha value is -4.34. The first-order valence-corrected chi connectivity index (χ1v) is 15.6. The molecule has 0 spiro atoms. The second-order valence-electron chi connectivity index (χ2n) is 12.9. The number of hydrogen-bond acceptors (Lipinski definition) is 7. The number of benzene rings is 4.